The van der Waals surface area contributed by atoms with Crippen molar-refractivity contribution in [3.05, 3.63) is 28.8 Å². The zero-order valence-electron chi connectivity index (χ0n) is 9.90. The Bertz CT molecular complexity index is 346. The minimum atomic E-state index is 0.0445. The van der Waals surface area contributed by atoms with Crippen LogP contribution in [-0.2, 0) is 6.61 Å². The summed E-state index contributed by atoms with van der Waals surface area (Å²) in [4.78, 5) is 2.16. The molecule has 0 aliphatic carbocycles. The number of nitrogens with zero attached hydrogens (tertiary/aromatic N) is 1. The van der Waals surface area contributed by atoms with E-state index in [2.05, 4.69) is 18.1 Å². The van der Waals surface area contributed by atoms with E-state index in [0.29, 0.717) is 11.1 Å². The summed E-state index contributed by atoms with van der Waals surface area (Å²) in [7, 11) is 2.03. The van der Waals surface area contributed by atoms with Gasteiger partial charge in [-0.2, -0.15) is 11.8 Å². The first-order chi connectivity index (χ1) is 7.60. The van der Waals surface area contributed by atoms with Gasteiger partial charge in [0, 0.05) is 35.1 Å². The van der Waals surface area contributed by atoms with Crippen LogP contribution in [-0.4, -0.2) is 30.2 Å². The molecule has 0 spiro atoms. The molecule has 16 heavy (non-hydrogen) atoms. The highest BCUT2D eigenvalue weighted by molar-refractivity contribution is 7.98. The highest BCUT2D eigenvalue weighted by Gasteiger charge is 2.13. The first-order valence-electron chi connectivity index (χ1n) is 5.21. The minimum absolute atomic E-state index is 0.0445. The normalized spacial score (nSPS) is 12.6. The smallest absolute Gasteiger partial charge is 0.0702 e. The molecular weight excluding hydrogens is 242 g/mol. The summed E-state index contributed by atoms with van der Waals surface area (Å²) in [5.74, 6) is 1.05. The van der Waals surface area contributed by atoms with Gasteiger partial charge >= 0.3 is 0 Å². The molecule has 0 heterocycles. The van der Waals surface area contributed by atoms with Crippen LogP contribution >= 0.6 is 23.4 Å². The maximum atomic E-state index is 9.29. The maximum Gasteiger partial charge on any atom is 0.0702 e. The Morgan fingerprint density at radius 1 is 1.50 bits per heavy atom. The van der Waals surface area contributed by atoms with E-state index < -0.39 is 0 Å². The lowest BCUT2D eigenvalue weighted by atomic mass is 10.1. The van der Waals surface area contributed by atoms with Crippen LogP contribution in [0, 0.1) is 0 Å². The van der Waals surface area contributed by atoms with Gasteiger partial charge in [-0.1, -0.05) is 17.7 Å². The zero-order chi connectivity index (χ0) is 12.1. The van der Waals surface area contributed by atoms with Crippen LogP contribution in [0.4, 0.5) is 5.69 Å². The van der Waals surface area contributed by atoms with E-state index in [4.69, 9.17) is 11.6 Å². The molecule has 0 aliphatic rings. The molecule has 0 aromatic heterocycles. The molecule has 4 heteroatoms. The summed E-state index contributed by atoms with van der Waals surface area (Å²) in [5, 5.41) is 10.00. The third-order valence-electron chi connectivity index (χ3n) is 2.67. The number of hydrogen-bond donors (Lipinski definition) is 1. The predicted molar refractivity (Wildman–Crippen MR) is 73.6 cm³/mol. The second-order valence-corrected chi connectivity index (χ2v) is 5.19. The van der Waals surface area contributed by atoms with Crippen LogP contribution in [0.5, 0.6) is 0 Å². The van der Waals surface area contributed by atoms with Crippen LogP contribution in [0.15, 0.2) is 18.2 Å². The standard InChI is InChI=1S/C12H18ClNOS/c1-9(8-16-3)14(2)12-6-11(13)5-4-10(12)7-15/h4-6,9,15H,7-8H2,1-3H3. The largest absolute Gasteiger partial charge is 0.392 e. The van der Waals surface area contributed by atoms with E-state index in [9.17, 15) is 5.11 Å². The van der Waals surface area contributed by atoms with E-state index in [-0.39, 0.29) is 6.61 Å². The molecule has 0 aliphatic heterocycles. The summed E-state index contributed by atoms with van der Waals surface area (Å²) in [5.41, 5.74) is 1.93. The van der Waals surface area contributed by atoms with Crippen molar-refractivity contribution >= 4 is 29.1 Å². The first-order valence-corrected chi connectivity index (χ1v) is 6.98. The van der Waals surface area contributed by atoms with Crippen LogP contribution in [0.25, 0.3) is 0 Å². The molecule has 1 unspecified atom stereocenters. The molecule has 1 N–H and O–H groups in total. The molecule has 0 radical (unpaired) electrons. The van der Waals surface area contributed by atoms with Crippen LogP contribution in [0.2, 0.25) is 5.02 Å². The maximum absolute atomic E-state index is 9.29. The van der Waals surface area contributed by atoms with Gasteiger partial charge in [-0.25, -0.2) is 0 Å². The summed E-state index contributed by atoms with van der Waals surface area (Å²) >= 11 is 7.80. The number of halogens is 1. The monoisotopic (exact) mass is 259 g/mol. The summed E-state index contributed by atoms with van der Waals surface area (Å²) in [6.45, 7) is 2.21. The Morgan fingerprint density at radius 3 is 2.75 bits per heavy atom. The van der Waals surface area contributed by atoms with Gasteiger partial charge in [0.1, 0.15) is 0 Å². The number of anilines is 1. The van der Waals surface area contributed by atoms with Gasteiger partial charge in [-0.15, -0.1) is 0 Å². The number of benzene rings is 1. The topological polar surface area (TPSA) is 23.5 Å². The lowest BCUT2D eigenvalue weighted by molar-refractivity contribution is 0.282. The third-order valence-corrected chi connectivity index (χ3v) is 3.72. The number of hydrogen-bond acceptors (Lipinski definition) is 3. The van der Waals surface area contributed by atoms with Crippen LogP contribution in [0.1, 0.15) is 12.5 Å². The van der Waals surface area contributed by atoms with Gasteiger partial charge in [-0.05, 0) is 25.3 Å². The lowest BCUT2D eigenvalue weighted by Gasteiger charge is -2.28. The fourth-order valence-corrected chi connectivity index (χ4v) is 2.46. The van der Waals surface area contributed by atoms with Crippen molar-refractivity contribution in [2.24, 2.45) is 0 Å². The van der Waals surface area contributed by atoms with Crippen molar-refractivity contribution in [3.63, 3.8) is 0 Å². The average Bonchev–Trinajstić information content (AvgIpc) is 2.28. The van der Waals surface area contributed by atoms with Crippen LogP contribution in [0.3, 0.4) is 0 Å². The number of aliphatic hydroxyl groups is 1. The quantitative estimate of drug-likeness (QED) is 0.879. The van der Waals surface area contributed by atoms with Crippen LogP contribution < -0.4 is 4.90 Å². The van der Waals surface area contributed by atoms with E-state index in [0.717, 1.165) is 17.0 Å². The Balaban J connectivity index is 2.96. The number of thioether (sulfide) groups is 1. The zero-order valence-corrected chi connectivity index (χ0v) is 11.5. The Hall–Kier alpha value is -0.380. The average molecular weight is 260 g/mol. The molecule has 1 rings (SSSR count). The van der Waals surface area contributed by atoms with Crippen molar-refractivity contribution in [1.29, 1.82) is 0 Å². The summed E-state index contributed by atoms with van der Waals surface area (Å²) < 4.78 is 0. The van der Waals surface area contributed by atoms with Crippen molar-refractivity contribution in [3.8, 4) is 0 Å². The second-order valence-electron chi connectivity index (χ2n) is 3.85. The molecule has 1 aromatic rings. The fourth-order valence-electron chi connectivity index (χ4n) is 1.59. The SMILES string of the molecule is CSCC(C)N(C)c1cc(Cl)ccc1CO. The highest BCUT2D eigenvalue weighted by Crippen LogP contribution is 2.26. The van der Waals surface area contributed by atoms with Crippen molar-refractivity contribution in [1.82, 2.24) is 0 Å². The molecule has 0 fully saturated rings. The van der Waals surface area contributed by atoms with Gasteiger partial charge in [-0.3, -0.25) is 0 Å². The number of aliphatic hydroxyl groups excluding tert-OH is 1. The predicted octanol–water partition coefficient (Wildman–Crippen LogP) is 3.02. The van der Waals surface area contributed by atoms with E-state index >= 15 is 0 Å². The highest BCUT2D eigenvalue weighted by atomic mass is 35.5. The second kappa shape index (κ2) is 6.38. The molecule has 1 aromatic carbocycles. The van der Waals surface area contributed by atoms with Crippen molar-refractivity contribution in [2.75, 3.05) is 24.0 Å². The Labute approximate surface area is 107 Å². The first kappa shape index (κ1) is 13.7. The van der Waals surface area contributed by atoms with E-state index in [1.54, 1.807) is 0 Å². The van der Waals surface area contributed by atoms with E-state index in [1.807, 2.05) is 37.0 Å². The third kappa shape index (κ3) is 3.30. The molecule has 0 saturated carbocycles. The van der Waals surface area contributed by atoms with Gasteiger partial charge in [0.15, 0.2) is 0 Å². The molecule has 90 valence electrons. The van der Waals surface area contributed by atoms with Crippen molar-refractivity contribution in [2.45, 2.75) is 19.6 Å². The van der Waals surface area contributed by atoms with Gasteiger partial charge in [0.05, 0.1) is 6.61 Å². The summed E-state index contributed by atoms with van der Waals surface area (Å²) in [6, 6.07) is 6.01. The molecular formula is C12H18ClNOS. The van der Waals surface area contributed by atoms with Gasteiger partial charge < -0.3 is 10.0 Å². The Morgan fingerprint density at radius 2 is 2.19 bits per heavy atom. The van der Waals surface area contributed by atoms with Gasteiger partial charge in [0.2, 0.25) is 0 Å². The minimum Gasteiger partial charge on any atom is -0.392 e. The Kier molecular flexibility index (Phi) is 5.46. The summed E-state index contributed by atoms with van der Waals surface area (Å²) in [6.07, 6.45) is 2.09. The molecule has 2 nitrogen and oxygen atoms in total. The molecule has 1 atom stereocenters. The number of rotatable bonds is 5. The van der Waals surface area contributed by atoms with E-state index in [1.165, 1.54) is 0 Å². The molecule has 0 bridgehead atoms. The molecule has 0 saturated heterocycles. The molecule has 0 amide bonds. The van der Waals surface area contributed by atoms with Crippen molar-refractivity contribution < 1.29 is 5.11 Å². The van der Waals surface area contributed by atoms with Gasteiger partial charge in [0.25, 0.3) is 0 Å². The lowest BCUT2D eigenvalue weighted by Crippen LogP contribution is -2.31. The fraction of sp³-hybridized carbons (Fsp3) is 0.500.